The number of halogens is 2. The van der Waals surface area contributed by atoms with Gasteiger partial charge in [-0.1, -0.05) is 41.4 Å². The summed E-state index contributed by atoms with van der Waals surface area (Å²) in [5, 5.41) is 2.36. The molecule has 0 fully saturated rings. The SMILES string of the molecule is O=S(=O)(NCCc1ccc(Cl)c(Cl)c1)c1cccc2cnccc12. The highest BCUT2D eigenvalue weighted by Crippen LogP contribution is 2.23. The molecular weight excluding hydrogens is 367 g/mol. The predicted molar refractivity (Wildman–Crippen MR) is 97.1 cm³/mol. The number of fused-ring (bicyclic) bond motifs is 1. The van der Waals surface area contributed by atoms with E-state index in [4.69, 9.17) is 23.2 Å². The maximum atomic E-state index is 12.6. The summed E-state index contributed by atoms with van der Waals surface area (Å²) in [4.78, 5) is 4.26. The standard InChI is InChI=1S/C17H14Cl2N2O2S/c18-15-5-4-12(10-16(15)19)6-9-21-24(22,23)17-3-1-2-13-11-20-8-7-14(13)17/h1-5,7-8,10-11,21H,6,9H2. The predicted octanol–water partition coefficient (Wildman–Crippen LogP) is 4.06. The lowest BCUT2D eigenvalue weighted by atomic mass is 10.1. The molecule has 3 rings (SSSR count). The van der Waals surface area contributed by atoms with E-state index in [0.717, 1.165) is 10.9 Å². The first-order valence-electron chi connectivity index (χ1n) is 7.24. The van der Waals surface area contributed by atoms with Crippen molar-refractivity contribution in [1.29, 1.82) is 0 Å². The van der Waals surface area contributed by atoms with Gasteiger partial charge in [0, 0.05) is 29.7 Å². The molecular formula is C17H14Cl2N2O2S. The molecule has 0 amide bonds. The van der Waals surface area contributed by atoms with Crippen LogP contribution in [0.3, 0.4) is 0 Å². The number of nitrogens with one attached hydrogen (secondary N) is 1. The molecule has 7 heteroatoms. The molecule has 0 aliphatic heterocycles. The van der Waals surface area contributed by atoms with Crippen LogP contribution in [0.15, 0.2) is 59.8 Å². The molecule has 0 aliphatic rings. The van der Waals surface area contributed by atoms with Crippen LogP contribution in [0.4, 0.5) is 0 Å². The van der Waals surface area contributed by atoms with Crippen molar-refractivity contribution in [3.05, 3.63) is 70.5 Å². The highest BCUT2D eigenvalue weighted by Gasteiger charge is 2.16. The molecule has 0 unspecified atom stereocenters. The van der Waals surface area contributed by atoms with Crippen LogP contribution < -0.4 is 4.72 Å². The van der Waals surface area contributed by atoms with Crippen LogP contribution in [0.1, 0.15) is 5.56 Å². The number of benzene rings is 2. The van der Waals surface area contributed by atoms with Crippen LogP contribution in [0.5, 0.6) is 0 Å². The van der Waals surface area contributed by atoms with Crippen LogP contribution in [0, 0.1) is 0 Å². The monoisotopic (exact) mass is 380 g/mol. The molecule has 0 saturated heterocycles. The number of nitrogens with zero attached hydrogens (tertiary/aromatic N) is 1. The average Bonchev–Trinajstić information content (AvgIpc) is 2.57. The fraction of sp³-hybridized carbons (Fsp3) is 0.118. The Morgan fingerprint density at radius 3 is 2.67 bits per heavy atom. The second kappa shape index (κ2) is 7.07. The molecule has 124 valence electrons. The van der Waals surface area contributed by atoms with Gasteiger partial charge in [-0.05, 0) is 36.2 Å². The van der Waals surface area contributed by atoms with Gasteiger partial charge < -0.3 is 0 Å². The minimum atomic E-state index is -3.61. The number of rotatable bonds is 5. The van der Waals surface area contributed by atoms with Gasteiger partial charge in [0.1, 0.15) is 0 Å². The summed E-state index contributed by atoms with van der Waals surface area (Å²) in [6.45, 7) is 0.266. The Kier molecular flexibility index (Phi) is 5.06. The maximum Gasteiger partial charge on any atom is 0.241 e. The summed E-state index contributed by atoms with van der Waals surface area (Å²) < 4.78 is 27.8. The summed E-state index contributed by atoms with van der Waals surface area (Å²) in [5.41, 5.74) is 0.911. The van der Waals surface area contributed by atoms with Gasteiger partial charge in [-0.15, -0.1) is 0 Å². The Morgan fingerprint density at radius 1 is 1.04 bits per heavy atom. The van der Waals surface area contributed by atoms with Gasteiger partial charge in [-0.2, -0.15) is 0 Å². The van der Waals surface area contributed by atoms with E-state index < -0.39 is 10.0 Å². The molecule has 0 aliphatic carbocycles. The minimum absolute atomic E-state index is 0.247. The third kappa shape index (κ3) is 3.70. The van der Waals surface area contributed by atoms with Crippen molar-refractivity contribution in [2.45, 2.75) is 11.3 Å². The van der Waals surface area contributed by atoms with Crippen molar-refractivity contribution in [3.63, 3.8) is 0 Å². The zero-order valence-electron chi connectivity index (χ0n) is 12.5. The first-order chi connectivity index (χ1) is 11.5. The molecule has 0 saturated carbocycles. The van der Waals surface area contributed by atoms with E-state index in [0.29, 0.717) is 21.9 Å². The highest BCUT2D eigenvalue weighted by atomic mass is 35.5. The average molecular weight is 381 g/mol. The fourth-order valence-electron chi connectivity index (χ4n) is 2.43. The molecule has 0 bridgehead atoms. The van der Waals surface area contributed by atoms with Gasteiger partial charge in [-0.25, -0.2) is 13.1 Å². The van der Waals surface area contributed by atoms with Crippen molar-refractivity contribution in [1.82, 2.24) is 9.71 Å². The minimum Gasteiger partial charge on any atom is -0.264 e. The largest absolute Gasteiger partial charge is 0.264 e. The van der Waals surface area contributed by atoms with E-state index in [2.05, 4.69) is 9.71 Å². The van der Waals surface area contributed by atoms with Crippen molar-refractivity contribution in [2.24, 2.45) is 0 Å². The molecule has 24 heavy (non-hydrogen) atoms. The number of hydrogen-bond acceptors (Lipinski definition) is 3. The van der Waals surface area contributed by atoms with Crippen LogP contribution in [0.2, 0.25) is 10.0 Å². The molecule has 3 aromatic rings. The van der Waals surface area contributed by atoms with Gasteiger partial charge in [0.15, 0.2) is 0 Å². The Morgan fingerprint density at radius 2 is 1.88 bits per heavy atom. The van der Waals surface area contributed by atoms with E-state index in [1.807, 2.05) is 12.1 Å². The van der Waals surface area contributed by atoms with Crippen molar-refractivity contribution < 1.29 is 8.42 Å². The van der Waals surface area contributed by atoms with Gasteiger partial charge in [0.05, 0.1) is 14.9 Å². The number of pyridine rings is 1. The third-order valence-corrected chi connectivity index (χ3v) is 5.88. The molecule has 0 atom stereocenters. The third-order valence-electron chi connectivity index (χ3n) is 3.62. The number of hydrogen-bond donors (Lipinski definition) is 1. The fourth-order valence-corrected chi connectivity index (χ4v) is 4.01. The molecule has 2 aromatic carbocycles. The van der Waals surface area contributed by atoms with Crippen LogP contribution >= 0.6 is 23.2 Å². The van der Waals surface area contributed by atoms with Crippen LogP contribution in [-0.4, -0.2) is 19.9 Å². The van der Waals surface area contributed by atoms with Crippen LogP contribution in [0.25, 0.3) is 10.8 Å². The zero-order valence-corrected chi connectivity index (χ0v) is 14.9. The zero-order chi connectivity index (χ0) is 17.2. The van der Waals surface area contributed by atoms with Gasteiger partial charge in [0.25, 0.3) is 0 Å². The lowest BCUT2D eigenvalue weighted by Crippen LogP contribution is -2.26. The second-order valence-electron chi connectivity index (χ2n) is 5.25. The second-order valence-corrected chi connectivity index (χ2v) is 7.80. The van der Waals surface area contributed by atoms with Crippen molar-refractivity contribution >= 4 is 44.0 Å². The lowest BCUT2D eigenvalue weighted by Gasteiger charge is -2.10. The summed E-state index contributed by atoms with van der Waals surface area (Å²) in [6, 6.07) is 12.1. The quantitative estimate of drug-likeness (QED) is 0.725. The first kappa shape index (κ1) is 17.2. The molecule has 1 N–H and O–H groups in total. The molecule has 0 radical (unpaired) electrons. The van der Waals surface area contributed by atoms with Crippen LogP contribution in [-0.2, 0) is 16.4 Å². The van der Waals surface area contributed by atoms with E-state index in [-0.39, 0.29) is 11.4 Å². The summed E-state index contributed by atoms with van der Waals surface area (Å²) in [5.74, 6) is 0. The number of sulfonamides is 1. The van der Waals surface area contributed by atoms with Crippen molar-refractivity contribution in [3.8, 4) is 0 Å². The maximum absolute atomic E-state index is 12.6. The highest BCUT2D eigenvalue weighted by molar-refractivity contribution is 7.89. The van der Waals surface area contributed by atoms with E-state index >= 15 is 0 Å². The van der Waals surface area contributed by atoms with E-state index in [1.54, 1.807) is 42.7 Å². The number of aromatic nitrogens is 1. The Bertz CT molecular complexity index is 986. The normalized spacial score (nSPS) is 11.8. The van der Waals surface area contributed by atoms with Crippen molar-refractivity contribution in [2.75, 3.05) is 6.54 Å². The van der Waals surface area contributed by atoms with E-state index in [1.165, 1.54) is 0 Å². The molecule has 1 heterocycles. The van der Waals surface area contributed by atoms with Gasteiger partial charge in [0.2, 0.25) is 10.0 Å². The summed E-state index contributed by atoms with van der Waals surface area (Å²) >= 11 is 11.8. The Labute approximate surface area is 150 Å². The molecule has 4 nitrogen and oxygen atoms in total. The summed E-state index contributed by atoms with van der Waals surface area (Å²) in [6.07, 6.45) is 3.74. The smallest absolute Gasteiger partial charge is 0.241 e. The topological polar surface area (TPSA) is 59.1 Å². The van der Waals surface area contributed by atoms with Gasteiger partial charge >= 0.3 is 0 Å². The Balaban J connectivity index is 1.77. The summed E-state index contributed by atoms with van der Waals surface area (Å²) in [7, 11) is -3.61. The van der Waals surface area contributed by atoms with E-state index in [9.17, 15) is 8.42 Å². The lowest BCUT2D eigenvalue weighted by molar-refractivity contribution is 0.582. The van der Waals surface area contributed by atoms with Gasteiger partial charge in [-0.3, -0.25) is 4.98 Å². The molecule has 0 spiro atoms. The Hall–Kier alpha value is -1.66. The molecule has 1 aromatic heterocycles. The first-order valence-corrected chi connectivity index (χ1v) is 9.47.